The van der Waals surface area contributed by atoms with E-state index in [4.69, 9.17) is 23.5 Å². The number of fused-ring (bicyclic) bond motifs is 2. The van der Waals surface area contributed by atoms with Crippen molar-refractivity contribution in [2.75, 3.05) is 31.9 Å². The highest BCUT2D eigenvalue weighted by molar-refractivity contribution is 5.68. The third-order valence-electron chi connectivity index (χ3n) is 5.91. The molecule has 2 aliphatic heterocycles. The molecule has 0 saturated heterocycles. The van der Waals surface area contributed by atoms with Gasteiger partial charge in [-0.25, -0.2) is 0 Å². The molecule has 0 bridgehead atoms. The van der Waals surface area contributed by atoms with Crippen molar-refractivity contribution in [1.82, 2.24) is 5.16 Å². The smallest absolute Gasteiger partial charge is 0.303 e. The number of nitrogens with zero attached hydrogens (tertiary/aromatic N) is 1. The summed E-state index contributed by atoms with van der Waals surface area (Å²) in [6, 6.07) is 13.5. The minimum absolute atomic E-state index is 0.0477. The number of aromatic nitrogens is 1. The number of hydrogen-bond acceptors (Lipinski definition) is 8. The van der Waals surface area contributed by atoms with Gasteiger partial charge in [0.05, 0.1) is 26.2 Å². The minimum atomic E-state index is -0.888. The maximum absolute atomic E-state index is 11.5. The quantitative estimate of drug-likeness (QED) is 0.487. The molecule has 0 aliphatic carbocycles. The summed E-state index contributed by atoms with van der Waals surface area (Å²) in [6.07, 6.45) is 1.05. The fourth-order valence-corrected chi connectivity index (χ4v) is 4.17. The Morgan fingerprint density at radius 2 is 2.06 bits per heavy atom. The van der Waals surface area contributed by atoms with E-state index in [0.29, 0.717) is 49.4 Å². The lowest BCUT2D eigenvalue weighted by molar-refractivity contribution is -0.137. The predicted molar refractivity (Wildman–Crippen MR) is 122 cm³/mol. The van der Waals surface area contributed by atoms with E-state index in [1.165, 1.54) is 0 Å². The number of benzene rings is 2. The van der Waals surface area contributed by atoms with Gasteiger partial charge in [-0.2, -0.15) is 0 Å². The number of rotatable bonds is 9. The van der Waals surface area contributed by atoms with Crippen LogP contribution in [0.3, 0.4) is 0 Å². The Morgan fingerprint density at radius 3 is 2.97 bits per heavy atom. The van der Waals surface area contributed by atoms with Crippen LogP contribution in [0.5, 0.6) is 17.4 Å². The fraction of sp³-hybridized carbons (Fsp3) is 0.360. The molecule has 1 aromatic heterocycles. The van der Waals surface area contributed by atoms with Crippen LogP contribution in [0.1, 0.15) is 34.8 Å². The van der Waals surface area contributed by atoms with E-state index in [0.717, 1.165) is 35.3 Å². The van der Waals surface area contributed by atoms with Gasteiger partial charge in [0.1, 0.15) is 5.76 Å². The largest absolute Gasteiger partial charge is 0.481 e. The zero-order valence-corrected chi connectivity index (χ0v) is 18.6. The van der Waals surface area contributed by atoms with E-state index < -0.39 is 5.97 Å². The van der Waals surface area contributed by atoms with E-state index in [1.54, 1.807) is 12.1 Å². The van der Waals surface area contributed by atoms with Gasteiger partial charge in [0.2, 0.25) is 6.79 Å². The Kier molecular flexibility index (Phi) is 6.53. The number of ether oxygens (including phenoxy) is 4. The van der Waals surface area contributed by atoms with Crippen LogP contribution < -0.4 is 19.5 Å². The molecule has 1 atom stereocenters. The molecule has 0 amide bonds. The summed E-state index contributed by atoms with van der Waals surface area (Å²) in [4.78, 5) is 11.5. The monoisotopic (exact) mass is 466 g/mol. The zero-order valence-electron chi connectivity index (χ0n) is 18.6. The normalized spacial score (nSPS) is 15.2. The fourth-order valence-electron chi connectivity index (χ4n) is 4.17. The minimum Gasteiger partial charge on any atom is -0.481 e. The predicted octanol–water partition coefficient (Wildman–Crippen LogP) is 3.77. The van der Waals surface area contributed by atoms with Crippen molar-refractivity contribution in [2.24, 2.45) is 0 Å². The molecule has 5 rings (SSSR count). The standard InChI is InChI=1S/C25H26N2O7/c28-25(29)12-19(17-3-4-22-23(11-17)33-15-32-22)10-20-13-24(27-34-20)31-7-5-16-1-2-18-14-30-8-6-26-21(18)9-16/h1-4,9,11,13,19,26H,5-8,10,12,14-15H2,(H,28,29). The van der Waals surface area contributed by atoms with Crippen molar-refractivity contribution in [2.45, 2.75) is 31.8 Å². The second kappa shape index (κ2) is 10.0. The zero-order chi connectivity index (χ0) is 23.3. The first-order chi connectivity index (χ1) is 16.6. The second-order valence-electron chi connectivity index (χ2n) is 8.31. The summed E-state index contributed by atoms with van der Waals surface area (Å²) in [5, 5.41) is 16.8. The van der Waals surface area contributed by atoms with Gasteiger partial charge in [0.15, 0.2) is 11.5 Å². The van der Waals surface area contributed by atoms with Crippen LogP contribution >= 0.6 is 0 Å². The molecule has 3 heterocycles. The van der Waals surface area contributed by atoms with Crippen molar-refractivity contribution >= 4 is 11.7 Å². The molecule has 9 nitrogen and oxygen atoms in total. The number of carboxylic acid groups (broad SMARTS) is 1. The van der Waals surface area contributed by atoms with Crippen LogP contribution in [0.2, 0.25) is 0 Å². The maximum atomic E-state index is 11.5. The van der Waals surface area contributed by atoms with Crippen molar-refractivity contribution in [1.29, 1.82) is 0 Å². The average molecular weight is 466 g/mol. The number of aliphatic carboxylic acids is 1. The SMILES string of the molecule is O=C(O)CC(Cc1cc(OCCc2ccc3c(c2)NCCOC3)no1)c1ccc2c(c1)OCO2. The topological polar surface area (TPSA) is 112 Å². The molecular formula is C25H26N2O7. The Morgan fingerprint density at radius 1 is 1.15 bits per heavy atom. The summed E-state index contributed by atoms with van der Waals surface area (Å²) in [6.45, 7) is 2.73. The number of hydrogen-bond donors (Lipinski definition) is 2. The molecule has 9 heteroatoms. The van der Waals surface area contributed by atoms with Gasteiger partial charge in [0, 0.05) is 42.6 Å². The van der Waals surface area contributed by atoms with Crippen LogP contribution in [0.15, 0.2) is 47.0 Å². The number of nitrogens with one attached hydrogen (secondary N) is 1. The molecule has 0 spiro atoms. The van der Waals surface area contributed by atoms with Crippen LogP contribution in [-0.4, -0.2) is 42.8 Å². The summed E-state index contributed by atoms with van der Waals surface area (Å²) in [5.41, 5.74) is 4.25. The van der Waals surface area contributed by atoms with Crippen LogP contribution in [0.4, 0.5) is 5.69 Å². The highest BCUT2D eigenvalue weighted by atomic mass is 16.7. The summed E-state index contributed by atoms with van der Waals surface area (Å²) < 4.78 is 27.5. The molecule has 0 fully saturated rings. The van der Waals surface area contributed by atoms with Crippen molar-refractivity contribution in [3.63, 3.8) is 0 Å². The Hall–Kier alpha value is -3.72. The molecule has 2 aromatic carbocycles. The van der Waals surface area contributed by atoms with Crippen molar-refractivity contribution in [3.8, 4) is 17.4 Å². The molecular weight excluding hydrogens is 440 g/mol. The average Bonchev–Trinajstić information content (AvgIpc) is 3.41. The van der Waals surface area contributed by atoms with Gasteiger partial charge in [-0.15, -0.1) is 0 Å². The third-order valence-corrected chi connectivity index (χ3v) is 5.91. The second-order valence-corrected chi connectivity index (χ2v) is 8.31. The maximum Gasteiger partial charge on any atom is 0.303 e. The molecule has 0 radical (unpaired) electrons. The first kappa shape index (κ1) is 22.1. The van der Waals surface area contributed by atoms with Gasteiger partial charge in [-0.3, -0.25) is 4.79 Å². The first-order valence-electron chi connectivity index (χ1n) is 11.3. The summed E-state index contributed by atoms with van der Waals surface area (Å²) in [5.74, 6) is 1.04. The Labute approximate surface area is 196 Å². The lowest BCUT2D eigenvalue weighted by Crippen LogP contribution is -2.09. The van der Waals surface area contributed by atoms with Gasteiger partial charge in [-0.05, 0) is 34.5 Å². The first-order valence-corrected chi connectivity index (χ1v) is 11.3. The molecule has 178 valence electrons. The molecule has 34 heavy (non-hydrogen) atoms. The van der Waals surface area contributed by atoms with Gasteiger partial charge >= 0.3 is 5.97 Å². The Balaban J connectivity index is 1.19. The number of carboxylic acids is 1. The Bertz CT molecular complexity index is 1160. The molecule has 1 unspecified atom stereocenters. The van der Waals surface area contributed by atoms with E-state index in [-0.39, 0.29) is 19.1 Å². The summed E-state index contributed by atoms with van der Waals surface area (Å²) >= 11 is 0. The number of anilines is 1. The molecule has 3 aromatic rings. The van der Waals surface area contributed by atoms with Crippen molar-refractivity contribution in [3.05, 3.63) is 64.9 Å². The van der Waals surface area contributed by atoms with E-state index in [9.17, 15) is 9.90 Å². The van der Waals surface area contributed by atoms with Gasteiger partial charge in [0.25, 0.3) is 5.88 Å². The highest BCUT2D eigenvalue weighted by Crippen LogP contribution is 2.36. The van der Waals surface area contributed by atoms with E-state index in [1.807, 2.05) is 12.1 Å². The molecule has 0 saturated carbocycles. The lowest BCUT2D eigenvalue weighted by Gasteiger charge is -2.14. The van der Waals surface area contributed by atoms with Crippen LogP contribution in [-0.2, 0) is 29.0 Å². The van der Waals surface area contributed by atoms with Gasteiger partial charge in [-0.1, -0.05) is 18.2 Å². The molecule has 2 aliphatic rings. The number of carbonyl (C=O) groups is 1. The van der Waals surface area contributed by atoms with Crippen molar-refractivity contribution < 1.29 is 33.4 Å². The molecule has 2 N–H and O–H groups in total. The highest BCUT2D eigenvalue weighted by Gasteiger charge is 2.22. The summed E-state index contributed by atoms with van der Waals surface area (Å²) in [7, 11) is 0. The van der Waals surface area contributed by atoms with Gasteiger partial charge < -0.3 is 33.9 Å². The van der Waals surface area contributed by atoms with E-state index in [2.05, 4.69) is 28.7 Å². The van der Waals surface area contributed by atoms with Crippen LogP contribution in [0, 0.1) is 0 Å². The lowest BCUT2D eigenvalue weighted by atomic mass is 9.91. The van der Waals surface area contributed by atoms with E-state index >= 15 is 0 Å². The third kappa shape index (κ3) is 5.26. The van der Waals surface area contributed by atoms with Crippen LogP contribution in [0.25, 0.3) is 0 Å².